The number of hydrogen-bond acceptors (Lipinski definition) is 4. The van der Waals surface area contributed by atoms with E-state index >= 15 is 0 Å². The van der Waals surface area contributed by atoms with Gasteiger partial charge in [-0.25, -0.2) is 0 Å². The molecule has 1 heterocycles. The van der Waals surface area contributed by atoms with Crippen molar-refractivity contribution >= 4 is 5.71 Å². The van der Waals surface area contributed by atoms with Crippen molar-refractivity contribution in [2.75, 3.05) is 6.61 Å². The number of pyridine rings is 1. The van der Waals surface area contributed by atoms with Gasteiger partial charge in [-0.05, 0) is 12.1 Å². The predicted octanol–water partition coefficient (Wildman–Crippen LogP) is -0.263. The SMILES string of the molecule is N/N=C(\CO)c1ccccn1. The molecule has 0 aliphatic rings. The Morgan fingerprint density at radius 1 is 1.64 bits per heavy atom. The highest BCUT2D eigenvalue weighted by Crippen LogP contribution is 1.94. The molecule has 1 aromatic heterocycles. The summed E-state index contributed by atoms with van der Waals surface area (Å²) in [5.41, 5.74) is 1.00. The van der Waals surface area contributed by atoms with E-state index in [-0.39, 0.29) is 6.61 Å². The lowest BCUT2D eigenvalue weighted by Gasteiger charge is -1.97. The molecule has 0 aliphatic carbocycles. The zero-order valence-electron chi connectivity index (χ0n) is 5.94. The molecular weight excluding hydrogens is 142 g/mol. The average Bonchev–Trinajstić information content (AvgIpc) is 2.09. The number of nitrogens with two attached hydrogens (primary N) is 1. The van der Waals surface area contributed by atoms with Crippen LogP contribution < -0.4 is 5.84 Å². The predicted molar refractivity (Wildman–Crippen MR) is 42.0 cm³/mol. The van der Waals surface area contributed by atoms with E-state index in [1.807, 2.05) is 6.07 Å². The third-order valence-electron chi connectivity index (χ3n) is 1.27. The Hall–Kier alpha value is -1.42. The molecule has 0 radical (unpaired) electrons. The van der Waals surface area contributed by atoms with Crippen molar-refractivity contribution in [1.82, 2.24) is 4.98 Å². The summed E-state index contributed by atoms with van der Waals surface area (Å²) >= 11 is 0. The van der Waals surface area contributed by atoms with Crippen molar-refractivity contribution in [2.45, 2.75) is 0 Å². The summed E-state index contributed by atoms with van der Waals surface area (Å²) < 4.78 is 0. The van der Waals surface area contributed by atoms with Crippen LogP contribution in [-0.4, -0.2) is 22.4 Å². The van der Waals surface area contributed by atoms with Gasteiger partial charge in [-0.1, -0.05) is 6.07 Å². The Balaban J connectivity index is 2.92. The lowest BCUT2D eigenvalue weighted by Crippen LogP contribution is -2.10. The van der Waals surface area contributed by atoms with E-state index in [2.05, 4.69) is 10.1 Å². The van der Waals surface area contributed by atoms with Crippen LogP contribution >= 0.6 is 0 Å². The van der Waals surface area contributed by atoms with Crippen molar-refractivity contribution in [3.63, 3.8) is 0 Å². The van der Waals surface area contributed by atoms with Crippen LogP contribution in [-0.2, 0) is 0 Å². The van der Waals surface area contributed by atoms with E-state index in [0.29, 0.717) is 11.4 Å². The summed E-state index contributed by atoms with van der Waals surface area (Å²) in [7, 11) is 0. The maximum atomic E-state index is 8.73. The molecule has 0 aliphatic heterocycles. The van der Waals surface area contributed by atoms with Gasteiger partial charge in [-0.2, -0.15) is 5.10 Å². The van der Waals surface area contributed by atoms with E-state index in [1.54, 1.807) is 18.3 Å². The van der Waals surface area contributed by atoms with Gasteiger partial charge in [0, 0.05) is 6.20 Å². The van der Waals surface area contributed by atoms with Gasteiger partial charge < -0.3 is 10.9 Å². The van der Waals surface area contributed by atoms with E-state index in [4.69, 9.17) is 10.9 Å². The minimum absolute atomic E-state index is 0.187. The van der Waals surface area contributed by atoms with Crippen LogP contribution in [0.25, 0.3) is 0 Å². The van der Waals surface area contributed by atoms with Crippen LogP contribution in [0.2, 0.25) is 0 Å². The highest BCUT2D eigenvalue weighted by Gasteiger charge is 2.00. The van der Waals surface area contributed by atoms with Gasteiger partial charge in [-0.15, -0.1) is 0 Å². The molecule has 0 saturated heterocycles. The molecule has 0 spiro atoms. The van der Waals surface area contributed by atoms with E-state index in [9.17, 15) is 0 Å². The molecule has 0 atom stereocenters. The molecule has 0 saturated carbocycles. The number of aliphatic hydroxyl groups excluding tert-OH is 1. The standard InChI is InChI=1S/C7H9N3O/c8-10-7(5-11)6-3-1-2-4-9-6/h1-4,11H,5,8H2/b10-7+. The number of hydrazone groups is 1. The molecule has 0 fully saturated rings. The second kappa shape index (κ2) is 3.68. The summed E-state index contributed by atoms with van der Waals surface area (Å²) in [5.74, 6) is 5.00. The zero-order valence-corrected chi connectivity index (χ0v) is 5.94. The van der Waals surface area contributed by atoms with E-state index < -0.39 is 0 Å². The molecule has 4 heteroatoms. The number of aliphatic hydroxyl groups is 1. The van der Waals surface area contributed by atoms with Gasteiger partial charge in [0.1, 0.15) is 5.71 Å². The monoisotopic (exact) mass is 151 g/mol. The first-order valence-corrected chi connectivity index (χ1v) is 3.17. The molecule has 4 nitrogen and oxygen atoms in total. The van der Waals surface area contributed by atoms with Crippen LogP contribution in [0.3, 0.4) is 0 Å². The van der Waals surface area contributed by atoms with Crippen LogP contribution in [0, 0.1) is 0 Å². The summed E-state index contributed by atoms with van der Waals surface area (Å²) in [4.78, 5) is 3.95. The van der Waals surface area contributed by atoms with Crippen molar-refractivity contribution < 1.29 is 5.11 Å². The van der Waals surface area contributed by atoms with Gasteiger partial charge in [0.25, 0.3) is 0 Å². The van der Waals surface area contributed by atoms with E-state index in [1.165, 1.54) is 0 Å². The molecule has 0 bridgehead atoms. The number of nitrogens with zero attached hydrogens (tertiary/aromatic N) is 2. The third kappa shape index (κ3) is 1.75. The second-order valence-electron chi connectivity index (χ2n) is 1.95. The van der Waals surface area contributed by atoms with Crippen molar-refractivity contribution in [1.29, 1.82) is 0 Å². The summed E-state index contributed by atoms with van der Waals surface area (Å²) in [6.07, 6.45) is 1.62. The molecule has 1 aromatic rings. The molecule has 0 unspecified atom stereocenters. The van der Waals surface area contributed by atoms with Crippen LogP contribution in [0.4, 0.5) is 0 Å². The zero-order chi connectivity index (χ0) is 8.10. The minimum Gasteiger partial charge on any atom is -0.390 e. The Kier molecular flexibility index (Phi) is 2.57. The third-order valence-corrected chi connectivity index (χ3v) is 1.27. The Morgan fingerprint density at radius 2 is 2.45 bits per heavy atom. The molecule has 0 aromatic carbocycles. The Bertz CT molecular complexity index is 245. The minimum atomic E-state index is -0.187. The number of aromatic nitrogens is 1. The molecule has 11 heavy (non-hydrogen) atoms. The largest absolute Gasteiger partial charge is 0.390 e. The van der Waals surface area contributed by atoms with E-state index in [0.717, 1.165) is 0 Å². The fourth-order valence-electron chi connectivity index (χ4n) is 0.721. The average molecular weight is 151 g/mol. The Labute approximate surface area is 64.4 Å². The normalized spacial score (nSPS) is 11.5. The van der Waals surface area contributed by atoms with Gasteiger partial charge in [-0.3, -0.25) is 4.98 Å². The maximum Gasteiger partial charge on any atom is 0.111 e. The molecular formula is C7H9N3O. The first-order chi connectivity index (χ1) is 5.38. The van der Waals surface area contributed by atoms with Crippen molar-refractivity contribution in [2.24, 2.45) is 10.9 Å². The first-order valence-electron chi connectivity index (χ1n) is 3.17. The van der Waals surface area contributed by atoms with Crippen molar-refractivity contribution in [3.8, 4) is 0 Å². The first kappa shape index (κ1) is 7.68. The van der Waals surface area contributed by atoms with Crippen LogP contribution in [0.1, 0.15) is 5.69 Å². The number of hydrogen-bond donors (Lipinski definition) is 2. The summed E-state index contributed by atoms with van der Waals surface area (Å²) in [5, 5.41) is 12.1. The maximum absolute atomic E-state index is 8.73. The summed E-state index contributed by atoms with van der Waals surface area (Å²) in [6.45, 7) is -0.187. The number of rotatable bonds is 2. The highest BCUT2D eigenvalue weighted by molar-refractivity contribution is 5.99. The molecule has 3 N–H and O–H groups in total. The van der Waals surface area contributed by atoms with Gasteiger partial charge in [0.15, 0.2) is 0 Å². The van der Waals surface area contributed by atoms with Gasteiger partial charge >= 0.3 is 0 Å². The lowest BCUT2D eigenvalue weighted by molar-refractivity contribution is 0.357. The molecule has 0 amide bonds. The fraction of sp³-hybridized carbons (Fsp3) is 0.143. The summed E-state index contributed by atoms with van der Waals surface area (Å²) in [6, 6.07) is 5.33. The second-order valence-corrected chi connectivity index (χ2v) is 1.95. The van der Waals surface area contributed by atoms with Gasteiger partial charge in [0.05, 0.1) is 12.3 Å². The fourth-order valence-corrected chi connectivity index (χ4v) is 0.721. The van der Waals surface area contributed by atoms with Crippen LogP contribution in [0.15, 0.2) is 29.5 Å². The van der Waals surface area contributed by atoms with Crippen molar-refractivity contribution in [3.05, 3.63) is 30.1 Å². The molecule has 58 valence electrons. The Morgan fingerprint density at radius 3 is 2.91 bits per heavy atom. The highest BCUT2D eigenvalue weighted by atomic mass is 16.3. The molecule has 1 rings (SSSR count). The van der Waals surface area contributed by atoms with Gasteiger partial charge in [0.2, 0.25) is 0 Å². The lowest BCUT2D eigenvalue weighted by atomic mass is 10.2. The topological polar surface area (TPSA) is 71.5 Å². The quantitative estimate of drug-likeness (QED) is 0.347. The van der Waals surface area contributed by atoms with Crippen LogP contribution in [0.5, 0.6) is 0 Å². The smallest absolute Gasteiger partial charge is 0.111 e.